The van der Waals surface area contributed by atoms with E-state index in [1.54, 1.807) is 24.4 Å². The Morgan fingerprint density at radius 2 is 1.84 bits per heavy atom. The van der Waals surface area contributed by atoms with Crippen LogP contribution in [0.25, 0.3) is 11.1 Å². The molecular weight excluding hydrogens is 355 g/mol. The Labute approximate surface area is 156 Å². The van der Waals surface area contributed by atoms with Crippen LogP contribution in [0, 0.1) is 0 Å². The van der Waals surface area contributed by atoms with E-state index in [2.05, 4.69) is 10.3 Å². The van der Waals surface area contributed by atoms with Gasteiger partial charge in [0.15, 0.2) is 0 Å². The maximum absolute atomic E-state index is 12.5. The number of nitrogens with zero attached hydrogens (tertiary/aromatic N) is 1. The molecule has 0 unspecified atom stereocenters. The predicted octanol–water partition coefficient (Wildman–Crippen LogP) is 5.55. The summed E-state index contributed by atoms with van der Waals surface area (Å²) in [5, 5.41) is 3.81. The Kier molecular flexibility index (Phi) is 5.37. The first-order valence-corrected chi connectivity index (χ1v) is 8.56. The van der Waals surface area contributed by atoms with Gasteiger partial charge < -0.3 is 5.32 Å². The highest BCUT2D eigenvalue weighted by molar-refractivity contribution is 6.35. The molecular formula is C20H16Cl2N2O. The molecule has 0 fully saturated rings. The third-order valence-electron chi connectivity index (χ3n) is 3.90. The van der Waals surface area contributed by atoms with Crippen molar-refractivity contribution in [3.8, 4) is 11.1 Å². The summed E-state index contributed by atoms with van der Waals surface area (Å²) in [5.74, 6) is -0.258. The van der Waals surface area contributed by atoms with Gasteiger partial charge in [-0.25, -0.2) is 0 Å². The fourth-order valence-electron chi connectivity index (χ4n) is 2.55. The molecule has 0 radical (unpaired) electrons. The number of rotatable bonds is 4. The molecule has 3 aromatic rings. The number of carbonyl (C=O) groups is 1. The van der Waals surface area contributed by atoms with Gasteiger partial charge in [0.1, 0.15) is 0 Å². The van der Waals surface area contributed by atoms with Gasteiger partial charge in [0, 0.05) is 17.4 Å². The Morgan fingerprint density at radius 3 is 2.60 bits per heavy atom. The third kappa shape index (κ3) is 4.19. The van der Waals surface area contributed by atoms with Gasteiger partial charge in [-0.15, -0.1) is 0 Å². The van der Waals surface area contributed by atoms with Crippen molar-refractivity contribution in [2.75, 3.05) is 0 Å². The molecule has 0 aliphatic carbocycles. The highest BCUT2D eigenvalue weighted by atomic mass is 35.5. The van der Waals surface area contributed by atoms with E-state index in [-0.39, 0.29) is 11.9 Å². The Bertz CT molecular complexity index is 897. The first kappa shape index (κ1) is 17.5. The van der Waals surface area contributed by atoms with Crippen molar-refractivity contribution in [2.45, 2.75) is 13.0 Å². The topological polar surface area (TPSA) is 42.0 Å². The zero-order valence-electron chi connectivity index (χ0n) is 13.5. The Morgan fingerprint density at radius 1 is 1.04 bits per heavy atom. The van der Waals surface area contributed by atoms with Crippen LogP contribution in [0.3, 0.4) is 0 Å². The lowest BCUT2D eigenvalue weighted by atomic mass is 10.0. The molecule has 0 aliphatic rings. The molecule has 1 amide bonds. The lowest BCUT2D eigenvalue weighted by molar-refractivity contribution is 0.0940. The van der Waals surface area contributed by atoms with E-state index >= 15 is 0 Å². The van der Waals surface area contributed by atoms with Crippen LogP contribution in [0.1, 0.15) is 28.9 Å². The van der Waals surface area contributed by atoms with E-state index < -0.39 is 0 Å². The number of amides is 1. The zero-order chi connectivity index (χ0) is 17.8. The average Bonchev–Trinajstić information content (AvgIpc) is 2.64. The maximum Gasteiger partial charge on any atom is 0.253 e. The van der Waals surface area contributed by atoms with Crippen molar-refractivity contribution in [1.82, 2.24) is 10.3 Å². The zero-order valence-corrected chi connectivity index (χ0v) is 15.1. The van der Waals surface area contributed by atoms with Gasteiger partial charge in [-0.3, -0.25) is 9.78 Å². The molecule has 0 bridgehead atoms. The van der Waals surface area contributed by atoms with Crippen LogP contribution < -0.4 is 5.32 Å². The summed E-state index contributed by atoms with van der Waals surface area (Å²) in [6.07, 6.45) is 3.55. The van der Waals surface area contributed by atoms with Gasteiger partial charge in [-0.2, -0.15) is 0 Å². The number of halogens is 2. The number of hydrogen-bond acceptors (Lipinski definition) is 2. The van der Waals surface area contributed by atoms with Crippen molar-refractivity contribution in [2.24, 2.45) is 0 Å². The average molecular weight is 371 g/mol. The molecule has 25 heavy (non-hydrogen) atoms. The maximum atomic E-state index is 12.5. The minimum Gasteiger partial charge on any atom is -0.345 e. The van der Waals surface area contributed by atoms with Gasteiger partial charge in [-0.1, -0.05) is 47.5 Å². The lowest BCUT2D eigenvalue weighted by Gasteiger charge is -2.16. The van der Waals surface area contributed by atoms with Gasteiger partial charge in [0.2, 0.25) is 0 Å². The van der Waals surface area contributed by atoms with Crippen LogP contribution in [0.15, 0.2) is 67.0 Å². The summed E-state index contributed by atoms with van der Waals surface area (Å²) in [6.45, 7) is 1.93. The van der Waals surface area contributed by atoms with Crippen LogP contribution in [-0.4, -0.2) is 10.9 Å². The Hall–Kier alpha value is -2.36. The minimum absolute atomic E-state index is 0.181. The van der Waals surface area contributed by atoms with Crippen molar-refractivity contribution >= 4 is 29.1 Å². The van der Waals surface area contributed by atoms with Gasteiger partial charge in [-0.05, 0) is 53.9 Å². The van der Waals surface area contributed by atoms with Crippen molar-refractivity contribution in [1.29, 1.82) is 0 Å². The minimum atomic E-state index is -0.258. The van der Waals surface area contributed by atoms with Crippen LogP contribution in [-0.2, 0) is 0 Å². The molecule has 0 spiro atoms. The molecule has 1 heterocycles. The highest BCUT2D eigenvalue weighted by Crippen LogP contribution is 2.24. The van der Waals surface area contributed by atoms with E-state index in [1.807, 2.05) is 49.5 Å². The molecule has 0 saturated carbocycles. The van der Waals surface area contributed by atoms with E-state index in [0.717, 1.165) is 16.7 Å². The second kappa shape index (κ2) is 7.68. The molecule has 126 valence electrons. The van der Waals surface area contributed by atoms with E-state index in [4.69, 9.17) is 23.2 Å². The summed E-state index contributed by atoms with van der Waals surface area (Å²) < 4.78 is 0. The molecule has 3 nitrogen and oxygen atoms in total. The van der Waals surface area contributed by atoms with Gasteiger partial charge >= 0.3 is 0 Å². The first-order valence-electron chi connectivity index (χ1n) is 7.81. The van der Waals surface area contributed by atoms with Crippen LogP contribution in [0.2, 0.25) is 10.0 Å². The standard InChI is InChI=1S/C20H16Cl2N2O/c1-13(24-20(25)18-11-17(21)7-8-19(18)22)14-4-2-5-15(10-14)16-6-3-9-23-12-16/h2-13H,1H3,(H,24,25)/t13-/m0/s1. The fraction of sp³-hybridized carbons (Fsp3) is 0.100. The Balaban J connectivity index is 1.81. The molecule has 1 aromatic heterocycles. The second-order valence-electron chi connectivity index (χ2n) is 5.69. The number of pyridine rings is 1. The first-order chi connectivity index (χ1) is 12.0. The number of nitrogens with one attached hydrogen (secondary N) is 1. The summed E-state index contributed by atoms with van der Waals surface area (Å²) in [6, 6.07) is 16.6. The number of aromatic nitrogens is 1. The monoisotopic (exact) mass is 370 g/mol. The summed E-state index contributed by atoms with van der Waals surface area (Å²) in [5.41, 5.74) is 3.44. The van der Waals surface area contributed by atoms with Crippen LogP contribution in [0.5, 0.6) is 0 Å². The second-order valence-corrected chi connectivity index (χ2v) is 6.53. The molecule has 3 rings (SSSR count). The highest BCUT2D eigenvalue weighted by Gasteiger charge is 2.15. The normalized spacial score (nSPS) is 11.8. The van der Waals surface area contributed by atoms with Gasteiger partial charge in [0.05, 0.1) is 16.6 Å². The summed E-state index contributed by atoms with van der Waals surface area (Å²) in [7, 11) is 0. The van der Waals surface area contributed by atoms with Gasteiger partial charge in [0.25, 0.3) is 5.91 Å². The third-order valence-corrected chi connectivity index (χ3v) is 4.47. The smallest absolute Gasteiger partial charge is 0.253 e. The SMILES string of the molecule is C[C@H](NC(=O)c1cc(Cl)ccc1Cl)c1cccc(-c2cccnc2)c1. The number of benzene rings is 2. The van der Waals surface area contributed by atoms with Crippen molar-refractivity contribution < 1.29 is 4.79 Å². The lowest BCUT2D eigenvalue weighted by Crippen LogP contribution is -2.26. The van der Waals surface area contributed by atoms with Crippen molar-refractivity contribution in [3.63, 3.8) is 0 Å². The largest absolute Gasteiger partial charge is 0.345 e. The molecule has 1 atom stereocenters. The quantitative estimate of drug-likeness (QED) is 0.654. The van der Waals surface area contributed by atoms with Crippen LogP contribution >= 0.6 is 23.2 Å². The molecule has 0 aliphatic heterocycles. The molecule has 0 saturated heterocycles. The summed E-state index contributed by atoms with van der Waals surface area (Å²) in [4.78, 5) is 16.6. The van der Waals surface area contributed by atoms with Crippen LogP contribution in [0.4, 0.5) is 0 Å². The summed E-state index contributed by atoms with van der Waals surface area (Å²) >= 11 is 12.1. The van der Waals surface area contributed by atoms with E-state index in [0.29, 0.717) is 15.6 Å². The number of hydrogen-bond donors (Lipinski definition) is 1. The predicted molar refractivity (Wildman–Crippen MR) is 102 cm³/mol. The number of carbonyl (C=O) groups excluding carboxylic acids is 1. The van der Waals surface area contributed by atoms with E-state index in [1.165, 1.54) is 0 Å². The molecule has 1 N–H and O–H groups in total. The van der Waals surface area contributed by atoms with E-state index in [9.17, 15) is 4.79 Å². The van der Waals surface area contributed by atoms with Crippen molar-refractivity contribution in [3.05, 3.63) is 88.2 Å². The molecule has 2 aromatic carbocycles. The fourth-order valence-corrected chi connectivity index (χ4v) is 2.93. The molecule has 5 heteroatoms.